The number of amides is 1. The summed E-state index contributed by atoms with van der Waals surface area (Å²) in [4.78, 5) is 14.1. The third-order valence-corrected chi connectivity index (χ3v) is 4.17. The number of alkyl halides is 1. The lowest BCUT2D eigenvalue weighted by atomic mass is 10.2. The van der Waals surface area contributed by atoms with Gasteiger partial charge in [-0.25, -0.2) is 0 Å². The van der Waals surface area contributed by atoms with Crippen LogP contribution in [0.3, 0.4) is 0 Å². The minimum absolute atomic E-state index is 0.119. The van der Waals surface area contributed by atoms with Gasteiger partial charge in [0.25, 0.3) is 5.91 Å². The number of nitrogens with zero attached hydrogens (tertiary/aromatic N) is 3. The molecule has 1 aliphatic heterocycles. The summed E-state index contributed by atoms with van der Waals surface area (Å²) in [6.45, 7) is 3.65. The first-order valence-electron chi connectivity index (χ1n) is 5.47. The number of likely N-dealkylation sites (tertiary alicyclic amines) is 1. The molecule has 0 N–H and O–H groups in total. The molecule has 1 saturated heterocycles. The van der Waals surface area contributed by atoms with Crippen molar-refractivity contribution >= 4 is 21.8 Å². The van der Waals surface area contributed by atoms with E-state index in [0.29, 0.717) is 5.92 Å². The van der Waals surface area contributed by atoms with E-state index < -0.39 is 0 Å². The highest BCUT2D eigenvalue weighted by Crippen LogP contribution is 2.21. The SMILES string of the molecule is Cc1c(C(=O)N2CCC(CBr)C2)cnn1C. The predicted octanol–water partition coefficient (Wildman–Crippen LogP) is 1.59. The van der Waals surface area contributed by atoms with Gasteiger partial charge in [0.1, 0.15) is 0 Å². The summed E-state index contributed by atoms with van der Waals surface area (Å²) in [5.41, 5.74) is 1.67. The van der Waals surface area contributed by atoms with Gasteiger partial charge < -0.3 is 4.90 Å². The quantitative estimate of drug-likeness (QED) is 0.774. The van der Waals surface area contributed by atoms with Crippen molar-refractivity contribution in [2.24, 2.45) is 13.0 Å². The number of hydrogen-bond donors (Lipinski definition) is 0. The monoisotopic (exact) mass is 285 g/mol. The molecule has 0 bridgehead atoms. The van der Waals surface area contributed by atoms with Crippen LogP contribution in [-0.2, 0) is 7.05 Å². The van der Waals surface area contributed by atoms with Crippen molar-refractivity contribution in [3.05, 3.63) is 17.5 Å². The Morgan fingerprint density at radius 3 is 2.94 bits per heavy atom. The van der Waals surface area contributed by atoms with Crippen LogP contribution >= 0.6 is 15.9 Å². The number of hydrogen-bond acceptors (Lipinski definition) is 2. The molecule has 1 fully saturated rings. The number of aryl methyl sites for hydroxylation is 1. The number of rotatable bonds is 2. The van der Waals surface area contributed by atoms with Crippen LogP contribution in [-0.4, -0.2) is 39.0 Å². The molecule has 1 unspecified atom stereocenters. The average molecular weight is 286 g/mol. The maximum Gasteiger partial charge on any atom is 0.257 e. The molecule has 2 rings (SSSR count). The second kappa shape index (κ2) is 4.57. The van der Waals surface area contributed by atoms with E-state index in [-0.39, 0.29) is 5.91 Å². The molecular weight excluding hydrogens is 270 g/mol. The summed E-state index contributed by atoms with van der Waals surface area (Å²) in [7, 11) is 1.86. The van der Waals surface area contributed by atoms with Crippen molar-refractivity contribution in [2.75, 3.05) is 18.4 Å². The first kappa shape index (κ1) is 11.6. The Morgan fingerprint density at radius 1 is 1.69 bits per heavy atom. The largest absolute Gasteiger partial charge is 0.338 e. The Bertz CT molecular complexity index is 402. The Morgan fingerprint density at radius 2 is 2.44 bits per heavy atom. The predicted molar refractivity (Wildman–Crippen MR) is 65.7 cm³/mol. The molecule has 1 aliphatic rings. The molecule has 1 aromatic rings. The minimum Gasteiger partial charge on any atom is -0.338 e. The van der Waals surface area contributed by atoms with Crippen molar-refractivity contribution in [1.29, 1.82) is 0 Å². The molecule has 0 aromatic carbocycles. The minimum atomic E-state index is 0.119. The topological polar surface area (TPSA) is 38.1 Å². The van der Waals surface area contributed by atoms with E-state index in [9.17, 15) is 4.79 Å². The van der Waals surface area contributed by atoms with Crippen LogP contribution in [0.5, 0.6) is 0 Å². The fraction of sp³-hybridized carbons (Fsp3) is 0.636. The lowest BCUT2D eigenvalue weighted by molar-refractivity contribution is 0.0787. The lowest BCUT2D eigenvalue weighted by Crippen LogP contribution is -2.29. The zero-order valence-electron chi connectivity index (χ0n) is 9.61. The Kier molecular flexibility index (Phi) is 3.33. The zero-order valence-corrected chi connectivity index (χ0v) is 11.2. The summed E-state index contributed by atoms with van der Waals surface area (Å²) >= 11 is 3.47. The van der Waals surface area contributed by atoms with Crippen molar-refractivity contribution in [1.82, 2.24) is 14.7 Å². The molecule has 0 radical (unpaired) electrons. The van der Waals surface area contributed by atoms with Gasteiger partial charge in [0.2, 0.25) is 0 Å². The van der Waals surface area contributed by atoms with Gasteiger partial charge in [0, 0.05) is 31.2 Å². The molecular formula is C11H16BrN3O. The highest BCUT2D eigenvalue weighted by Gasteiger charge is 2.27. The molecule has 0 aliphatic carbocycles. The molecule has 16 heavy (non-hydrogen) atoms. The van der Waals surface area contributed by atoms with E-state index >= 15 is 0 Å². The Hall–Kier alpha value is -0.840. The Labute approximate surface area is 104 Å². The van der Waals surface area contributed by atoms with E-state index in [2.05, 4.69) is 21.0 Å². The summed E-state index contributed by atoms with van der Waals surface area (Å²) in [5.74, 6) is 0.718. The lowest BCUT2D eigenvalue weighted by Gasteiger charge is -2.15. The molecule has 1 atom stereocenters. The van der Waals surface area contributed by atoms with Gasteiger partial charge >= 0.3 is 0 Å². The summed E-state index contributed by atoms with van der Waals surface area (Å²) in [6, 6.07) is 0. The maximum absolute atomic E-state index is 12.2. The van der Waals surface area contributed by atoms with Crippen LogP contribution < -0.4 is 0 Å². The standard InChI is InChI=1S/C11H16BrN3O/c1-8-10(6-13-14(8)2)11(16)15-4-3-9(5-12)7-15/h6,9H,3-5,7H2,1-2H3. The van der Waals surface area contributed by atoms with Crippen LogP contribution in [0.1, 0.15) is 22.5 Å². The summed E-state index contributed by atoms with van der Waals surface area (Å²) in [5, 5.41) is 5.08. The van der Waals surface area contributed by atoms with Gasteiger partial charge in [0.15, 0.2) is 0 Å². The molecule has 0 spiro atoms. The third-order valence-electron chi connectivity index (χ3n) is 3.26. The number of aromatic nitrogens is 2. The molecule has 0 saturated carbocycles. The van der Waals surface area contributed by atoms with Gasteiger partial charge in [-0.1, -0.05) is 15.9 Å². The molecule has 1 amide bonds. The molecule has 5 heteroatoms. The average Bonchev–Trinajstić information content (AvgIpc) is 2.87. The number of halogens is 1. The van der Waals surface area contributed by atoms with E-state index in [0.717, 1.165) is 36.1 Å². The second-order valence-corrected chi connectivity index (χ2v) is 4.97. The number of carbonyl (C=O) groups excluding carboxylic acids is 1. The molecule has 4 nitrogen and oxygen atoms in total. The highest BCUT2D eigenvalue weighted by atomic mass is 79.9. The van der Waals surface area contributed by atoms with E-state index in [4.69, 9.17) is 0 Å². The number of carbonyl (C=O) groups is 1. The van der Waals surface area contributed by atoms with E-state index in [1.165, 1.54) is 0 Å². The fourth-order valence-corrected chi connectivity index (χ4v) is 2.55. The third kappa shape index (κ3) is 2.00. The fourth-order valence-electron chi connectivity index (χ4n) is 2.02. The normalized spacial score (nSPS) is 20.4. The molecule has 2 heterocycles. The van der Waals surface area contributed by atoms with Crippen molar-refractivity contribution in [3.8, 4) is 0 Å². The van der Waals surface area contributed by atoms with Gasteiger partial charge in [-0.2, -0.15) is 5.10 Å². The molecule has 1 aromatic heterocycles. The summed E-state index contributed by atoms with van der Waals surface area (Å²) in [6.07, 6.45) is 2.76. The van der Waals surface area contributed by atoms with Crippen molar-refractivity contribution < 1.29 is 4.79 Å². The van der Waals surface area contributed by atoms with Crippen LogP contribution in [0.2, 0.25) is 0 Å². The van der Waals surface area contributed by atoms with Gasteiger partial charge in [0.05, 0.1) is 11.8 Å². The van der Waals surface area contributed by atoms with E-state index in [1.807, 2.05) is 18.9 Å². The second-order valence-electron chi connectivity index (χ2n) is 4.33. The first-order chi connectivity index (χ1) is 7.63. The van der Waals surface area contributed by atoms with Crippen LogP contribution in [0, 0.1) is 12.8 Å². The van der Waals surface area contributed by atoms with Crippen LogP contribution in [0.4, 0.5) is 0 Å². The highest BCUT2D eigenvalue weighted by molar-refractivity contribution is 9.09. The van der Waals surface area contributed by atoms with E-state index in [1.54, 1.807) is 10.9 Å². The van der Waals surface area contributed by atoms with Gasteiger partial charge in [-0.05, 0) is 19.3 Å². The first-order valence-corrected chi connectivity index (χ1v) is 6.59. The van der Waals surface area contributed by atoms with Crippen LogP contribution in [0.15, 0.2) is 6.20 Å². The zero-order chi connectivity index (χ0) is 11.7. The smallest absolute Gasteiger partial charge is 0.257 e. The van der Waals surface area contributed by atoms with Crippen molar-refractivity contribution in [3.63, 3.8) is 0 Å². The maximum atomic E-state index is 12.2. The molecule has 88 valence electrons. The Balaban J connectivity index is 2.12. The van der Waals surface area contributed by atoms with Crippen LogP contribution in [0.25, 0.3) is 0 Å². The van der Waals surface area contributed by atoms with Crippen molar-refractivity contribution in [2.45, 2.75) is 13.3 Å². The summed E-state index contributed by atoms with van der Waals surface area (Å²) < 4.78 is 1.74. The van der Waals surface area contributed by atoms with Gasteiger partial charge in [-0.15, -0.1) is 0 Å². The van der Waals surface area contributed by atoms with Gasteiger partial charge in [-0.3, -0.25) is 9.48 Å².